The molecular formula is C40H42ClN3O10. The summed E-state index contributed by atoms with van der Waals surface area (Å²) in [6, 6.07) is 29.1. The quantitative estimate of drug-likeness (QED) is 0.0727. The highest BCUT2D eigenvalue weighted by Gasteiger charge is 2.57. The van der Waals surface area contributed by atoms with E-state index in [0.717, 1.165) is 60.9 Å². The summed E-state index contributed by atoms with van der Waals surface area (Å²) < 4.78 is 6.85. The zero-order chi connectivity index (χ0) is 38.3. The fourth-order valence-corrected chi connectivity index (χ4v) is 7.34. The molecule has 13 nitrogen and oxygen atoms in total. The van der Waals surface area contributed by atoms with Gasteiger partial charge in [-0.15, -0.1) is 0 Å². The predicted molar refractivity (Wildman–Crippen MR) is 200 cm³/mol. The smallest absolute Gasteiger partial charge is 0.336 e. The summed E-state index contributed by atoms with van der Waals surface area (Å²) in [6.45, 7) is 1.67. The van der Waals surface area contributed by atoms with Crippen LogP contribution in [0.1, 0.15) is 56.1 Å². The Morgan fingerprint density at radius 3 is 2.19 bits per heavy atom. The van der Waals surface area contributed by atoms with Crippen molar-refractivity contribution in [2.24, 2.45) is 0 Å². The molecule has 2 fully saturated rings. The Hall–Kier alpha value is -4.89. The van der Waals surface area contributed by atoms with E-state index in [-0.39, 0.29) is 6.10 Å². The van der Waals surface area contributed by atoms with Crippen molar-refractivity contribution in [1.82, 2.24) is 10.3 Å². The number of halogens is 1. The molecule has 6 N–H and O–H groups in total. The Kier molecular flexibility index (Phi) is 12.0. The summed E-state index contributed by atoms with van der Waals surface area (Å²) in [5.41, 5.74) is 2.05. The van der Waals surface area contributed by atoms with Crippen molar-refractivity contribution in [3.8, 4) is 0 Å². The summed E-state index contributed by atoms with van der Waals surface area (Å²) in [5.74, 6) is -5.74. The van der Waals surface area contributed by atoms with Crippen molar-refractivity contribution in [3.05, 3.63) is 113 Å². The first-order valence-electron chi connectivity index (χ1n) is 17.7. The summed E-state index contributed by atoms with van der Waals surface area (Å²) in [7, 11) is 0. The lowest BCUT2D eigenvalue weighted by Crippen LogP contribution is -2.56. The molecule has 0 amide bonds. The molecule has 4 aromatic rings. The summed E-state index contributed by atoms with van der Waals surface area (Å²) in [4.78, 5) is 47.6. The van der Waals surface area contributed by atoms with Crippen molar-refractivity contribution in [2.75, 3.05) is 18.4 Å². The van der Waals surface area contributed by atoms with Crippen LogP contribution in [-0.2, 0) is 34.5 Å². The number of aliphatic carboxylic acids is 3. The van der Waals surface area contributed by atoms with Crippen LogP contribution in [-0.4, -0.2) is 79.9 Å². The SMILES string of the molecule is Clc1ccc2c(NCCNC3CCC4(CC3)OOC3(c5ccccc5)CC(c5ccccc5)=CC3O4)ccnc2c1.O=C(O)CC(O)(CC(=O)O)C(=O)O. The molecule has 1 aliphatic heterocycles. The molecule has 2 aliphatic carbocycles. The van der Waals surface area contributed by atoms with Crippen molar-refractivity contribution in [3.63, 3.8) is 0 Å². The highest BCUT2D eigenvalue weighted by Crippen LogP contribution is 2.53. The summed E-state index contributed by atoms with van der Waals surface area (Å²) in [6.07, 6.45) is 5.75. The van der Waals surface area contributed by atoms with Crippen LogP contribution in [0, 0.1) is 0 Å². The number of aromatic nitrogens is 1. The van der Waals surface area contributed by atoms with Crippen LogP contribution >= 0.6 is 11.6 Å². The zero-order valence-electron chi connectivity index (χ0n) is 29.3. The largest absolute Gasteiger partial charge is 0.481 e. The second kappa shape index (κ2) is 16.6. The van der Waals surface area contributed by atoms with E-state index in [0.29, 0.717) is 17.5 Å². The number of carbonyl (C=O) groups is 3. The molecule has 14 heteroatoms. The van der Waals surface area contributed by atoms with Crippen LogP contribution in [0.3, 0.4) is 0 Å². The van der Waals surface area contributed by atoms with Gasteiger partial charge in [0.2, 0.25) is 5.79 Å². The lowest BCUT2D eigenvalue weighted by Gasteiger charge is -2.49. The third kappa shape index (κ3) is 8.90. The van der Waals surface area contributed by atoms with Crippen molar-refractivity contribution in [2.45, 2.75) is 74.1 Å². The van der Waals surface area contributed by atoms with Crippen LogP contribution in [0.15, 0.2) is 97.2 Å². The van der Waals surface area contributed by atoms with E-state index >= 15 is 0 Å². The molecule has 0 radical (unpaired) electrons. The molecular weight excluding hydrogens is 718 g/mol. The topological polar surface area (TPSA) is 197 Å². The van der Waals surface area contributed by atoms with Crippen LogP contribution in [0.5, 0.6) is 0 Å². The number of fused-ring (bicyclic) bond motifs is 2. The first-order valence-corrected chi connectivity index (χ1v) is 18.1. The van der Waals surface area contributed by atoms with Gasteiger partial charge in [-0.25, -0.2) is 14.6 Å². The second-order valence-corrected chi connectivity index (χ2v) is 14.2. The molecule has 1 saturated heterocycles. The number of benzene rings is 3. The highest BCUT2D eigenvalue weighted by molar-refractivity contribution is 6.31. The van der Waals surface area contributed by atoms with Crippen molar-refractivity contribution < 1.29 is 49.3 Å². The van der Waals surface area contributed by atoms with Crippen molar-refractivity contribution in [1.29, 1.82) is 0 Å². The van der Waals surface area contributed by atoms with Gasteiger partial charge in [-0.2, -0.15) is 0 Å². The maximum Gasteiger partial charge on any atom is 0.336 e. The van der Waals surface area contributed by atoms with Crippen LogP contribution in [0.25, 0.3) is 16.5 Å². The van der Waals surface area contributed by atoms with E-state index in [1.807, 2.05) is 54.7 Å². The van der Waals surface area contributed by atoms with Gasteiger partial charge in [0.05, 0.1) is 18.4 Å². The number of aliphatic hydroxyl groups is 1. The Morgan fingerprint density at radius 2 is 1.54 bits per heavy atom. The molecule has 3 aliphatic rings. The first kappa shape index (κ1) is 38.8. The third-order valence-electron chi connectivity index (χ3n) is 9.97. The number of ether oxygens (including phenoxy) is 1. The number of rotatable bonds is 12. The molecule has 1 aromatic heterocycles. The number of pyridine rings is 1. The van der Waals surface area contributed by atoms with Gasteiger partial charge in [0.15, 0.2) is 11.2 Å². The number of nitrogens with zero attached hydrogens (tertiary/aromatic N) is 1. The molecule has 2 unspecified atom stereocenters. The minimum Gasteiger partial charge on any atom is -0.481 e. The lowest BCUT2D eigenvalue weighted by molar-refractivity contribution is -0.531. The number of hydrogen-bond acceptors (Lipinski definition) is 10. The number of anilines is 1. The maximum absolute atomic E-state index is 10.3. The first-order chi connectivity index (χ1) is 25.9. The second-order valence-electron chi connectivity index (χ2n) is 13.8. The van der Waals surface area contributed by atoms with E-state index in [2.05, 4.69) is 58.1 Å². The van der Waals surface area contributed by atoms with E-state index in [9.17, 15) is 14.4 Å². The standard InChI is InChI=1S/C34H34ClN3O3.C6H8O7/c35-27-11-12-29-30(15-18-37-31(29)22-27)38-20-19-36-28-13-16-33(17-14-28)39-32-21-25(24-7-3-1-4-8-24)23-34(32,41-40-33)26-9-5-2-6-10-26;7-3(8)1-6(13,5(11)12)2-4(9)10/h1-12,15,18,21-22,28,32,36H,13-14,16-17,19-20,23H2,(H,37,38);13H,1-2H2,(H,7,8)(H,9,10)(H,11,12). The molecule has 54 heavy (non-hydrogen) atoms. The Labute approximate surface area is 316 Å². The van der Waals surface area contributed by atoms with Crippen LogP contribution < -0.4 is 10.6 Å². The molecule has 1 saturated carbocycles. The molecule has 2 atom stereocenters. The average molecular weight is 760 g/mol. The van der Waals surface area contributed by atoms with Gasteiger partial charge in [0.1, 0.15) is 6.10 Å². The Balaban J connectivity index is 0.000000329. The highest BCUT2D eigenvalue weighted by atomic mass is 35.5. The van der Waals surface area contributed by atoms with E-state index < -0.39 is 47.7 Å². The van der Waals surface area contributed by atoms with Gasteiger partial charge in [-0.05, 0) is 59.9 Å². The number of carboxylic acid groups (broad SMARTS) is 3. The fourth-order valence-electron chi connectivity index (χ4n) is 7.18. The van der Waals surface area contributed by atoms with Gasteiger partial charge in [0.25, 0.3) is 0 Å². The average Bonchev–Trinajstić information content (AvgIpc) is 3.54. The van der Waals surface area contributed by atoms with E-state index in [4.69, 9.17) is 46.5 Å². The zero-order valence-corrected chi connectivity index (χ0v) is 30.1. The molecule has 0 bridgehead atoms. The van der Waals surface area contributed by atoms with Crippen LogP contribution in [0.2, 0.25) is 5.02 Å². The number of hydrogen-bond donors (Lipinski definition) is 6. The minimum atomic E-state index is -2.74. The van der Waals surface area contributed by atoms with Gasteiger partial charge >= 0.3 is 17.9 Å². The summed E-state index contributed by atoms with van der Waals surface area (Å²) in [5, 5.41) is 42.8. The van der Waals surface area contributed by atoms with E-state index in [1.165, 1.54) is 11.1 Å². The van der Waals surface area contributed by atoms with E-state index in [1.54, 1.807) is 0 Å². The monoisotopic (exact) mass is 759 g/mol. The molecule has 2 heterocycles. The number of carboxylic acids is 3. The molecule has 1 spiro atoms. The van der Waals surface area contributed by atoms with Gasteiger partial charge in [-0.3, -0.25) is 14.6 Å². The molecule has 284 valence electrons. The van der Waals surface area contributed by atoms with Crippen LogP contribution in [0.4, 0.5) is 5.69 Å². The fraction of sp³-hybridized carbons (Fsp3) is 0.350. The molecule has 3 aromatic carbocycles. The van der Waals surface area contributed by atoms with Crippen molar-refractivity contribution >= 4 is 51.7 Å². The van der Waals surface area contributed by atoms with Gasteiger partial charge < -0.3 is 35.8 Å². The Morgan fingerprint density at radius 1 is 0.870 bits per heavy atom. The summed E-state index contributed by atoms with van der Waals surface area (Å²) >= 11 is 6.13. The molecule has 7 rings (SSSR count). The number of nitrogens with one attached hydrogen (secondary N) is 2. The lowest BCUT2D eigenvalue weighted by atomic mass is 9.85. The Bertz CT molecular complexity index is 1970. The minimum absolute atomic E-state index is 0.215. The normalized spacial score (nSPS) is 23.5. The third-order valence-corrected chi connectivity index (χ3v) is 10.2. The predicted octanol–water partition coefficient (Wildman–Crippen LogP) is 6.01. The maximum atomic E-state index is 10.3. The van der Waals surface area contributed by atoms with Gasteiger partial charge in [-0.1, -0.05) is 72.3 Å². The van der Waals surface area contributed by atoms with Gasteiger partial charge in [0, 0.05) is 60.7 Å².